The number of hydrogen-bond donors (Lipinski definition) is 0. The van der Waals surface area contributed by atoms with Crippen LogP contribution in [0.5, 0.6) is 0 Å². The average molecular weight is 466 g/mol. The van der Waals surface area contributed by atoms with Crippen LogP contribution in [0.4, 0.5) is 0 Å². The molecule has 0 N–H and O–H groups in total. The van der Waals surface area contributed by atoms with Crippen molar-refractivity contribution in [2.24, 2.45) is 5.92 Å². The number of benzene rings is 2. The molecular formula is C29H27N3O3. The summed E-state index contributed by atoms with van der Waals surface area (Å²) < 4.78 is 10.8. The van der Waals surface area contributed by atoms with Gasteiger partial charge in [0.1, 0.15) is 5.76 Å². The Hall–Kier alpha value is -3.80. The zero-order chi connectivity index (χ0) is 24.0. The largest absolute Gasteiger partial charge is 0.462 e. The highest BCUT2D eigenvalue weighted by Gasteiger charge is 2.53. The molecule has 4 aromatic rings. The Kier molecular flexibility index (Phi) is 5.24. The number of esters is 1. The smallest absolute Gasteiger partial charge is 0.338 e. The first-order chi connectivity index (χ1) is 17.1. The van der Waals surface area contributed by atoms with Crippen molar-refractivity contribution in [1.82, 2.24) is 15.1 Å². The van der Waals surface area contributed by atoms with Crippen molar-refractivity contribution in [3.8, 4) is 11.4 Å². The van der Waals surface area contributed by atoms with Gasteiger partial charge in [0.05, 0.1) is 24.1 Å². The first-order valence-electron chi connectivity index (χ1n) is 12.2. The van der Waals surface area contributed by atoms with E-state index in [0.29, 0.717) is 23.9 Å². The standard InChI is InChI=1S/C29H27N3O3/c1-3-34-28(33)20-11-9-19(10-12-20)27-30-16-21-13-14-24-18(2)25-22(17-31-35-25)15-29(24,26(21)32-27)23-7-5-4-6-8-23/h4-12,16-18,24H,3,13-15H2,1-2H3/t18-,24-,29+/m0/s1. The van der Waals surface area contributed by atoms with Crippen LogP contribution in [-0.2, 0) is 23.0 Å². The summed E-state index contributed by atoms with van der Waals surface area (Å²) in [5.74, 6) is 1.92. The zero-order valence-corrected chi connectivity index (χ0v) is 19.9. The number of hydrogen-bond acceptors (Lipinski definition) is 6. The molecule has 0 radical (unpaired) electrons. The van der Waals surface area contributed by atoms with Gasteiger partial charge in [-0.25, -0.2) is 14.8 Å². The monoisotopic (exact) mass is 465 g/mol. The third-order valence-electron chi connectivity index (χ3n) is 7.75. The number of ether oxygens (including phenoxy) is 1. The molecule has 2 aliphatic carbocycles. The number of carbonyl (C=O) groups excluding carboxylic acids is 1. The highest BCUT2D eigenvalue weighted by Crippen LogP contribution is 2.56. The van der Waals surface area contributed by atoms with Crippen LogP contribution in [0.15, 0.2) is 71.5 Å². The molecule has 0 saturated heterocycles. The number of carbonyl (C=O) groups is 1. The van der Waals surface area contributed by atoms with Gasteiger partial charge >= 0.3 is 5.97 Å². The molecule has 2 aromatic heterocycles. The van der Waals surface area contributed by atoms with Crippen LogP contribution in [-0.4, -0.2) is 27.7 Å². The maximum Gasteiger partial charge on any atom is 0.338 e. The molecule has 176 valence electrons. The fourth-order valence-electron chi connectivity index (χ4n) is 6.16. The minimum Gasteiger partial charge on any atom is -0.462 e. The summed E-state index contributed by atoms with van der Waals surface area (Å²) in [7, 11) is 0. The first kappa shape index (κ1) is 21.7. The Morgan fingerprint density at radius 1 is 1.09 bits per heavy atom. The number of aromatic nitrogens is 3. The summed E-state index contributed by atoms with van der Waals surface area (Å²) in [5.41, 5.74) is 5.84. The number of rotatable bonds is 4. The lowest BCUT2D eigenvalue weighted by Crippen LogP contribution is -2.48. The minimum atomic E-state index is -0.322. The van der Waals surface area contributed by atoms with Crippen LogP contribution in [0.3, 0.4) is 0 Å². The van der Waals surface area contributed by atoms with Crippen molar-refractivity contribution in [2.75, 3.05) is 6.61 Å². The van der Waals surface area contributed by atoms with Gasteiger partial charge in [0.2, 0.25) is 0 Å². The van der Waals surface area contributed by atoms with E-state index in [1.54, 1.807) is 19.1 Å². The zero-order valence-electron chi connectivity index (χ0n) is 19.9. The summed E-state index contributed by atoms with van der Waals surface area (Å²) in [6, 6.07) is 18.1. The van der Waals surface area contributed by atoms with Crippen molar-refractivity contribution in [2.45, 2.75) is 44.4 Å². The predicted octanol–water partition coefficient (Wildman–Crippen LogP) is 5.52. The molecule has 6 heteroatoms. The van der Waals surface area contributed by atoms with Crippen LogP contribution in [0.1, 0.15) is 64.7 Å². The first-order valence-corrected chi connectivity index (χ1v) is 12.2. The van der Waals surface area contributed by atoms with Gasteiger partial charge in [-0.05, 0) is 55.4 Å². The lowest BCUT2D eigenvalue weighted by atomic mass is 9.53. The molecule has 6 rings (SSSR count). The van der Waals surface area contributed by atoms with Crippen LogP contribution in [0.25, 0.3) is 11.4 Å². The quantitative estimate of drug-likeness (QED) is 0.370. The van der Waals surface area contributed by atoms with Crippen molar-refractivity contribution < 1.29 is 14.1 Å². The highest BCUT2D eigenvalue weighted by molar-refractivity contribution is 5.89. The number of aryl methyl sites for hydroxylation is 1. The van der Waals surface area contributed by atoms with Gasteiger partial charge in [-0.3, -0.25) is 0 Å². The van der Waals surface area contributed by atoms with E-state index in [1.165, 1.54) is 11.1 Å². The summed E-state index contributed by atoms with van der Waals surface area (Å²) in [6.45, 7) is 4.41. The SMILES string of the molecule is CCOC(=O)c1ccc(-c2ncc3c(n2)[C@@]2(c4ccccc4)Cc4cnoc4[C@@H](C)[C@@H]2CC3)cc1. The van der Waals surface area contributed by atoms with Gasteiger partial charge in [-0.1, -0.05) is 54.5 Å². The Bertz CT molecular complexity index is 1380. The highest BCUT2D eigenvalue weighted by atomic mass is 16.5. The summed E-state index contributed by atoms with van der Waals surface area (Å²) >= 11 is 0. The summed E-state index contributed by atoms with van der Waals surface area (Å²) in [5, 5.41) is 4.15. The Labute approximate surface area is 204 Å². The molecule has 0 saturated carbocycles. The third kappa shape index (κ3) is 3.39. The second-order valence-corrected chi connectivity index (χ2v) is 9.53. The van der Waals surface area contributed by atoms with Crippen LogP contribution in [0, 0.1) is 5.92 Å². The summed E-state index contributed by atoms with van der Waals surface area (Å²) in [6.07, 6.45) is 6.64. The molecule has 0 amide bonds. The maximum atomic E-state index is 12.1. The topological polar surface area (TPSA) is 78.1 Å². The fraction of sp³-hybridized carbons (Fsp3) is 0.310. The van der Waals surface area contributed by atoms with Gasteiger partial charge in [-0.15, -0.1) is 0 Å². The van der Waals surface area contributed by atoms with Crippen LogP contribution >= 0.6 is 0 Å². The van der Waals surface area contributed by atoms with Crippen molar-refractivity contribution >= 4 is 5.97 Å². The lowest BCUT2D eigenvalue weighted by molar-refractivity contribution is 0.0526. The average Bonchev–Trinajstić information content (AvgIpc) is 3.38. The molecule has 0 aliphatic heterocycles. The summed E-state index contributed by atoms with van der Waals surface area (Å²) in [4.78, 5) is 22.1. The van der Waals surface area contributed by atoms with Gasteiger partial charge in [0.25, 0.3) is 0 Å². The van der Waals surface area contributed by atoms with Crippen LogP contribution in [0.2, 0.25) is 0 Å². The molecular weight excluding hydrogens is 438 g/mol. The van der Waals surface area contributed by atoms with E-state index in [0.717, 1.165) is 41.8 Å². The van der Waals surface area contributed by atoms with E-state index in [9.17, 15) is 4.79 Å². The number of fused-ring (bicyclic) bond motifs is 4. The molecule has 0 spiro atoms. The second-order valence-electron chi connectivity index (χ2n) is 9.53. The van der Waals surface area contributed by atoms with Crippen molar-refractivity contribution in [3.63, 3.8) is 0 Å². The van der Waals surface area contributed by atoms with E-state index in [-0.39, 0.29) is 17.3 Å². The second kappa shape index (κ2) is 8.45. The van der Waals surface area contributed by atoms with Gasteiger partial charge in [0.15, 0.2) is 5.82 Å². The predicted molar refractivity (Wildman–Crippen MR) is 131 cm³/mol. The Balaban J connectivity index is 1.50. The van der Waals surface area contributed by atoms with E-state index in [2.05, 4.69) is 42.4 Å². The van der Waals surface area contributed by atoms with E-state index >= 15 is 0 Å². The Morgan fingerprint density at radius 2 is 1.89 bits per heavy atom. The molecule has 35 heavy (non-hydrogen) atoms. The van der Waals surface area contributed by atoms with E-state index in [1.807, 2.05) is 24.5 Å². The van der Waals surface area contributed by atoms with E-state index in [4.69, 9.17) is 19.2 Å². The normalized spacial score (nSPS) is 22.6. The number of nitrogens with zero attached hydrogens (tertiary/aromatic N) is 3. The van der Waals surface area contributed by atoms with Crippen LogP contribution < -0.4 is 0 Å². The molecule has 0 bridgehead atoms. The van der Waals surface area contributed by atoms with E-state index < -0.39 is 0 Å². The molecule has 6 nitrogen and oxygen atoms in total. The van der Waals surface area contributed by atoms with Crippen molar-refractivity contribution in [1.29, 1.82) is 0 Å². The van der Waals surface area contributed by atoms with Gasteiger partial charge < -0.3 is 9.26 Å². The third-order valence-corrected chi connectivity index (χ3v) is 7.75. The molecule has 2 aliphatic rings. The fourth-order valence-corrected chi connectivity index (χ4v) is 6.16. The van der Waals surface area contributed by atoms with Gasteiger partial charge in [-0.2, -0.15) is 0 Å². The van der Waals surface area contributed by atoms with Gasteiger partial charge in [0, 0.05) is 28.7 Å². The molecule has 3 atom stereocenters. The Morgan fingerprint density at radius 3 is 2.66 bits per heavy atom. The lowest BCUT2D eigenvalue weighted by Gasteiger charge is -2.49. The molecule has 2 heterocycles. The minimum absolute atomic E-state index is 0.233. The molecule has 0 fully saturated rings. The molecule has 2 aromatic carbocycles. The maximum absolute atomic E-state index is 12.1. The molecule has 0 unspecified atom stereocenters. The van der Waals surface area contributed by atoms with Crippen molar-refractivity contribution in [3.05, 3.63) is 101 Å².